The van der Waals surface area contributed by atoms with Crippen LogP contribution in [0.15, 0.2) is 0 Å². The van der Waals surface area contributed by atoms with Crippen LogP contribution in [-0.2, 0) is 9.84 Å². The van der Waals surface area contributed by atoms with Gasteiger partial charge in [-0.1, -0.05) is 27.7 Å². The van der Waals surface area contributed by atoms with Crippen LogP contribution in [0.2, 0.25) is 0 Å². The Kier molecular flexibility index (Phi) is 4.03. The third-order valence-electron chi connectivity index (χ3n) is 4.45. The molecule has 15 heavy (non-hydrogen) atoms. The minimum atomic E-state index is -3.07. The Morgan fingerprint density at radius 2 is 1.27 bits per heavy atom. The Hall–Kier alpha value is 0.300. The van der Waals surface area contributed by atoms with Crippen molar-refractivity contribution in [1.82, 2.24) is 0 Å². The van der Waals surface area contributed by atoms with Crippen LogP contribution in [0.25, 0.3) is 0 Å². The molecule has 2 nitrogen and oxygen atoms in total. The molecular formula is C11H24O2S2. The van der Waals surface area contributed by atoms with E-state index < -0.39 is 14.6 Å². The Morgan fingerprint density at radius 3 is 1.47 bits per heavy atom. The molecule has 0 aromatic carbocycles. The molecule has 0 bridgehead atoms. The van der Waals surface area contributed by atoms with Gasteiger partial charge in [0.25, 0.3) is 0 Å². The third kappa shape index (κ3) is 2.36. The predicted molar refractivity (Wildman–Crippen MR) is 70.3 cm³/mol. The van der Waals surface area contributed by atoms with Gasteiger partial charge in [-0.15, -0.1) is 0 Å². The molecule has 0 aromatic heterocycles. The standard InChI is InChI=1S/C11H24O2S2/c1-9(2,10(3,4)14-7)11(5,6)15(8,12)13/h1-8H3. The van der Waals surface area contributed by atoms with E-state index in [1.54, 1.807) is 11.8 Å². The predicted octanol–water partition coefficient (Wildman–Crippen LogP) is 2.98. The Bertz CT molecular complexity index is 324. The average molecular weight is 252 g/mol. The summed E-state index contributed by atoms with van der Waals surface area (Å²) in [6, 6.07) is 0. The number of rotatable bonds is 4. The van der Waals surface area contributed by atoms with Crippen LogP contribution in [0.5, 0.6) is 0 Å². The summed E-state index contributed by atoms with van der Waals surface area (Å²) in [5, 5.41) is 0. The molecule has 0 spiro atoms. The normalized spacial score (nSPS) is 15.5. The van der Waals surface area contributed by atoms with Crippen molar-refractivity contribution in [2.24, 2.45) is 5.41 Å². The molecule has 0 aromatic rings. The molecule has 0 rings (SSSR count). The summed E-state index contributed by atoms with van der Waals surface area (Å²) in [5.74, 6) is 0. The van der Waals surface area contributed by atoms with Crippen molar-refractivity contribution in [2.45, 2.75) is 51.0 Å². The van der Waals surface area contributed by atoms with Crippen LogP contribution in [0.1, 0.15) is 41.5 Å². The summed E-state index contributed by atoms with van der Waals surface area (Å²) in [7, 11) is -3.07. The van der Waals surface area contributed by atoms with E-state index in [0.29, 0.717) is 0 Å². The number of hydrogen-bond acceptors (Lipinski definition) is 3. The van der Waals surface area contributed by atoms with Crippen LogP contribution < -0.4 is 0 Å². The summed E-state index contributed by atoms with van der Waals surface area (Å²) in [4.78, 5) is 0. The number of thioether (sulfide) groups is 1. The van der Waals surface area contributed by atoms with E-state index in [1.165, 1.54) is 6.26 Å². The summed E-state index contributed by atoms with van der Waals surface area (Å²) in [6.45, 7) is 11.9. The zero-order chi connectivity index (χ0) is 12.7. The molecule has 0 atom stereocenters. The van der Waals surface area contributed by atoms with Crippen LogP contribution in [0.4, 0.5) is 0 Å². The largest absolute Gasteiger partial charge is 0.229 e. The Morgan fingerprint density at radius 1 is 0.933 bits per heavy atom. The quantitative estimate of drug-likeness (QED) is 0.771. The summed E-state index contributed by atoms with van der Waals surface area (Å²) < 4.78 is 22.9. The van der Waals surface area contributed by atoms with Crippen molar-refractivity contribution < 1.29 is 8.42 Å². The van der Waals surface area contributed by atoms with Gasteiger partial charge in [0.05, 0.1) is 4.75 Å². The first-order chi connectivity index (χ1) is 6.31. The van der Waals surface area contributed by atoms with Gasteiger partial charge in [-0.2, -0.15) is 11.8 Å². The molecule has 0 radical (unpaired) electrons. The second-order valence-corrected chi connectivity index (χ2v) is 9.62. The van der Waals surface area contributed by atoms with Crippen LogP contribution >= 0.6 is 11.8 Å². The van der Waals surface area contributed by atoms with E-state index in [1.807, 2.05) is 34.0 Å². The van der Waals surface area contributed by atoms with Crippen molar-refractivity contribution >= 4 is 21.6 Å². The zero-order valence-corrected chi connectivity index (χ0v) is 12.8. The third-order valence-corrected chi connectivity index (χ3v) is 8.34. The monoisotopic (exact) mass is 252 g/mol. The first kappa shape index (κ1) is 15.3. The SMILES string of the molecule is CSC(C)(C)C(C)(C)C(C)(C)S(C)(=O)=O. The lowest BCUT2D eigenvalue weighted by molar-refractivity contribution is 0.210. The lowest BCUT2D eigenvalue weighted by Crippen LogP contribution is -2.55. The molecule has 0 aliphatic rings. The second kappa shape index (κ2) is 3.95. The highest BCUT2D eigenvalue weighted by Gasteiger charge is 2.52. The van der Waals surface area contributed by atoms with Crippen LogP contribution in [0, 0.1) is 5.41 Å². The molecule has 0 unspecified atom stereocenters. The molecular weight excluding hydrogens is 228 g/mol. The van der Waals surface area contributed by atoms with Crippen molar-refractivity contribution in [1.29, 1.82) is 0 Å². The fraction of sp³-hybridized carbons (Fsp3) is 1.00. The molecule has 0 saturated carbocycles. The van der Waals surface area contributed by atoms with Gasteiger partial charge < -0.3 is 0 Å². The first-order valence-corrected chi connectivity index (χ1v) is 8.17. The average Bonchev–Trinajstić information content (AvgIpc) is 2.01. The lowest BCUT2D eigenvalue weighted by Gasteiger charge is -2.50. The zero-order valence-electron chi connectivity index (χ0n) is 11.1. The summed E-state index contributed by atoms with van der Waals surface area (Å²) >= 11 is 1.71. The number of sulfone groups is 1. The fourth-order valence-corrected chi connectivity index (χ4v) is 3.46. The maximum absolute atomic E-state index is 11.9. The maximum Gasteiger partial charge on any atom is 0.153 e. The van der Waals surface area contributed by atoms with Gasteiger partial charge in [-0.05, 0) is 25.5 Å². The van der Waals surface area contributed by atoms with E-state index in [2.05, 4.69) is 13.8 Å². The van der Waals surface area contributed by atoms with Gasteiger partial charge in [0.15, 0.2) is 9.84 Å². The van der Waals surface area contributed by atoms with E-state index >= 15 is 0 Å². The van der Waals surface area contributed by atoms with E-state index in [9.17, 15) is 8.42 Å². The second-order valence-electron chi connectivity index (χ2n) is 5.62. The molecule has 0 aliphatic carbocycles. The molecule has 0 amide bonds. The van der Waals surface area contributed by atoms with E-state index in [-0.39, 0.29) is 10.2 Å². The van der Waals surface area contributed by atoms with Crippen LogP contribution in [0.3, 0.4) is 0 Å². The minimum absolute atomic E-state index is 0.0837. The maximum atomic E-state index is 11.9. The van der Waals surface area contributed by atoms with Gasteiger partial charge in [0.1, 0.15) is 0 Å². The molecule has 0 heterocycles. The molecule has 4 heteroatoms. The van der Waals surface area contributed by atoms with E-state index in [4.69, 9.17) is 0 Å². The topological polar surface area (TPSA) is 34.1 Å². The highest BCUT2D eigenvalue weighted by atomic mass is 32.2. The summed E-state index contributed by atoms with van der Waals surface area (Å²) in [5.41, 5.74) is -0.299. The van der Waals surface area contributed by atoms with Crippen molar-refractivity contribution in [3.8, 4) is 0 Å². The smallest absolute Gasteiger partial charge is 0.153 e. The lowest BCUT2D eigenvalue weighted by atomic mass is 9.71. The van der Waals surface area contributed by atoms with E-state index in [0.717, 1.165) is 0 Å². The van der Waals surface area contributed by atoms with Gasteiger partial charge in [-0.3, -0.25) is 0 Å². The highest BCUT2D eigenvalue weighted by molar-refractivity contribution is 8.00. The van der Waals surface area contributed by atoms with Crippen molar-refractivity contribution in [2.75, 3.05) is 12.5 Å². The Balaban J connectivity index is 5.59. The molecule has 0 N–H and O–H groups in total. The highest BCUT2D eigenvalue weighted by Crippen LogP contribution is 2.50. The minimum Gasteiger partial charge on any atom is -0.229 e. The van der Waals surface area contributed by atoms with Crippen LogP contribution in [-0.4, -0.2) is 30.4 Å². The molecule has 0 aliphatic heterocycles. The Labute approximate surface area is 99.1 Å². The van der Waals surface area contributed by atoms with Gasteiger partial charge in [0.2, 0.25) is 0 Å². The molecule has 92 valence electrons. The van der Waals surface area contributed by atoms with Gasteiger partial charge >= 0.3 is 0 Å². The van der Waals surface area contributed by atoms with Gasteiger partial charge in [-0.25, -0.2) is 8.42 Å². The van der Waals surface area contributed by atoms with Crippen molar-refractivity contribution in [3.05, 3.63) is 0 Å². The molecule has 0 saturated heterocycles. The summed E-state index contributed by atoms with van der Waals surface area (Å²) in [6.07, 6.45) is 3.35. The fourth-order valence-electron chi connectivity index (χ4n) is 1.44. The van der Waals surface area contributed by atoms with Crippen molar-refractivity contribution in [3.63, 3.8) is 0 Å². The van der Waals surface area contributed by atoms with Gasteiger partial charge in [0, 0.05) is 11.0 Å². The number of hydrogen-bond donors (Lipinski definition) is 0. The first-order valence-electron chi connectivity index (χ1n) is 5.06. The molecule has 0 fully saturated rings.